The molecule has 0 aliphatic rings. The fourth-order valence-electron chi connectivity index (χ4n) is 2.40. The zero-order chi connectivity index (χ0) is 16.1. The van der Waals surface area contributed by atoms with Crippen molar-refractivity contribution in [2.24, 2.45) is 0 Å². The van der Waals surface area contributed by atoms with Gasteiger partial charge in [-0.2, -0.15) is 0 Å². The third kappa shape index (κ3) is 3.83. The van der Waals surface area contributed by atoms with E-state index in [1.807, 2.05) is 72.8 Å². The molecular weight excluding hydrogens is 286 g/mol. The molecule has 116 valence electrons. The molecule has 0 atom stereocenters. The van der Waals surface area contributed by atoms with Gasteiger partial charge in [-0.25, -0.2) is 0 Å². The van der Waals surface area contributed by atoms with Gasteiger partial charge in [0.1, 0.15) is 18.1 Å². The van der Waals surface area contributed by atoms with Crippen LogP contribution < -0.4 is 15.2 Å². The van der Waals surface area contributed by atoms with Gasteiger partial charge in [0.15, 0.2) is 0 Å². The zero-order valence-electron chi connectivity index (χ0n) is 13.0. The van der Waals surface area contributed by atoms with Crippen molar-refractivity contribution in [3.63, 3.8) is 0 Å². The Labute approximate surface area is 136 Å². The van der Waals surface area contributed by atoms with Gasteiger partial charge in [0.05, 0.1) is 7.11 Å². The minimum atomic E-state index is 0.520. The molecule has 0 unspecified atom stereocenters. The lowest BCUT2D eigenvalue weighted by molar-refractivity contribution is 0.306. The Morgan fingerprint density at radius 1 is 0.783 bits per heavy atom. The molecule has 3 nitrogen and oxygen atoms in total. The Morgan fingerprint density at radius 3 is 2.22 bits per heavy atom. The van der Waals surface area contributed by atoms with Gasteiger partial charge in [-0.05, 0) is 41.0 Å². The van der Waals surface area contributed by atoms with Crippen LogP contribution in [-0.2, 0) is 6.61 Å². The molecule has 0 radical (unpaired) electrons. The Hall–Kier alpha value is -2.94. The highest BCUT2D eigenvalue weighted by Gasteiger charge is 2.04. The van der Waals surface area contributed by atoms with Gasteiger partial charge in [0.25, 0.3) is 0 Å². The van der Waals surface area contributed by atoms with Crippen molar-refractivity contribution < 1.29 is 9.47 Å². The average molecular weight is 305 g/mol. The van der Waals surface area contributed by atoms with Crippen molar-refractivity contribution in [1.29, 1.82) is 0 Å². The predicted molar refractivity (Wildman–Crippen MR) is 93.6 cm³/mol. The number of ether oxygens (including phenoxy) is 2. The Morgan fingerprint density at radius 2 is 1.52 bits per heavy atom. The maximum absolute atomic E-state index is 6.02. The monoisotopic (exact) mass is 305 g/mol. The van der Waals surface area contributed by atoms with E-state index in [0.29, 0.717) is 12.3 Å². The second-order valence-electron chi connectivity index (χ2n) is 5.29. The maximum atomic E-state index is 6.02. The van der Waals surface area contributed by atoms with E-state index in [2.05, 4.69) is 0 Å². The highest BCUT2D eigenvalue weighted by molar-refractivity contribution is 5.70. The topological polar surface area (TPSA) is 44.5 Å². The standard InChI is InChI=1S/C20H19NO2/c1-22-19-9-7-16(8-10-19)17-11-18(21)13-20(12-17)23-14-15-5-3-2-4-6-15/h2-13H,14,21H2,1H3. The normalized spacial score (nSPS) is 10.3. The number of benzene rings is 3. The molecule has 3 aromatic rings. The van der Waals surface area contributed by atoms with E-state index in [0.717, 1.165) is 28.2 Å². The summed E-state index contributed by atoms with van der Waals surface area (Å²) in [7, 11) is 1.66. The van der Waals surface area contributed by atoms with Gasteiger partial charge in [-0.3, -0.25) is 0 Å². The molecule has 0 bridgehead atoms. The Bertz CT molecular complexity index is 767. The van der Waals surface area contributed by atoms with E-state index in [-0.39, 0.29) is 0 Å². The minimum absolute atomic E-state index is 0.520. The molecule has 3 heteroatoms. The fourth-order valence-corrected chi connectivity index (χ4v) is 2.40. The molecule has 0 aromatic heterocycles. The van der Waals surface area contributed by atoms with Gasteiger partial charge >= 0.3 is 0 Å². The van der Waals surface area contributed by atoms with Crippen molar-refractivity contribution >= 4 is 5.69 Å². The Kier molecular flexibility index (Phi) is 4.48. The van der Waals surface area contributed by atoms with Crippen LogP contribution in [0.4, 0.5) is 5.69 Å². The molecule has 0 amide bonds. The van der Waals surface area contributed by atoms with Crippen LogP contribution in [0.5, 0.6) is 11.5 Å². The molecule has 23 heavy (non-hydrogen) atoms. The van der Waals surface area contributed by atoms with Gasteiger partial charge in [0.2, 0.25) is 0 Å². The van der Waals surface area contributed by atoms with Crippen LogP contribution in [0.1, 0.15) is 5.56 Å². The molecule has 3 rings (SSSR count). The van der Waals surface area contributed by atoms with E-state index in [9.17, 15) is 0 Å². The van der Waals surface area contributed by atoms with Crippen LogP contribution in [0, 0.1) is 0 Å². The number of hydrogen-bond donors (Lipinski definition) is 1. The minimum Gasteiger partial charge on any atom is -0.497 e. The van der Waals surface area contributed by atoms with Gasteiger partial charge in [-0.1, -0.05) is 42.5 Å². The number of hydrogen-bond acceptors (Lipinski definition) is 3. The van der Waals surface area contributed by atoms with Crippen molar-refractivity contribution in [3.05, 3.63) is 78.4 Å². The third-order valence-corrected chi connectivity index (χ3v) is 3.60. The second-order valence-corrected chi connectivity index (χ2v) is 5.29. The molecule has 0 spiro atoms. The Balaban J connectivity index is 1.80. The van der Waals surface area contributed by atoms with Crippen LogP contribution in [0.2, 0.25) is 0 Å². The fraction of sp³-hybridized carbons (Fsp3) is 0.100. The number of anilines is 1. The molecular formula is C20H19NO2. The van der Waals surface area contributed by atoms with Crippen LogP contribution in [0.3, 0.4) is 0 Å². The van der Waals surface area contributed by atoms with E-state index in [1.54, 1.807) is 7.11 Å². The van der Waals surface area contributed by atoms with Crippen LogP contribution in [0.15, 0.2) is 72.8 Å². The average Bonchev–Trinajstić information content (AvgIpc) is 2.60. The first kappa shape index (κ1) is 15.0. The predicted octanol–water partition coefficient (Wildman–Crippen LogP) is 4.52. The number of rotatable bonds is 5. The van der Waals surface area contributed by atoms with E-state index < -0.39 is 0 Å². The molecule has 3 aromatic carbocycles. The highest BCUT2D eigenvalue weighted by Crippen LogP contribution is 2.29. The van der Waals surface area contributed by atoms with Crippen molar-refractivity contribution in [3.8, 4) is 22.6 Å². The van der Waals surface area contributed by atoms with Crippen LogP contribution in [-0.4, -0.2) is 7.11 Å². The summed E-state index contributed by atoms with van der Waals surface area (Å²) in [6, 6.07) is 23.7. The number of nitrogen functional groups attached to an aromatic ring is 1. The lowest BCUT2D eigenvalue weighted by Gasteiger charge is -2.10. The van der Waals surface area contributed by atoms with Gasteiger partial charge in [0, 0.05) is 11.8 Å². The summed E-state index contributed by atoms with van der Waals surface area (Å²) >= 11 is 0. The summed E-state index contributed by atoms with van der Waals surface area (Å²) in [6.07, 6.45) is 0. The second kappa shape index (κ2) is 6.88. The first-order chi connectivity index (χ1) is 11.2. The SMILES string of the molecule is COc1ccc(-c2cc(N)cc(OCc3ccccc3)c2)cc1. The van der Waals surface area contributed by atoms with Gasteiger partial charge in [-0.15, -0.1) is 0 Å². The maximum Gasteiger partial charge on any atom is 0.122 e. The number of methoxy groups -OCH3 is 1. The summed E-state index contributed by atoms with van der Waals surface area (Å²) in [5, 5.41) is 0. The number of nitrogens with two attached hydrogens (primary N) is 1. The summed E-state index contributed by atoms with van der Waals surface area (Å²) in [5.74, 6) is 1.60. The summed E-state index contributed by atoms with van der Waals surface area (Å²) in [4.78, 5) is 0. The highest BCUT2D eigenvalue weighted by atomic mass is 16.5. The lowest BCUT2D eigenvalue weighted by Crippen LogP contribution is -1.96. The smallest absolute Gasteiger partial charge is 0.122 e. The van der Waals surface area contributed by atoms with Crippen molar-refractivity contribution in [1.82, 2.24) is 0 Å². The first-order valence-corrected chi connectivity index (χ1v) is 7.46. The van der Waals surface area contributed by atoms with E-state index in [4.69, 9.17) is 15.2 Å². The lowest BCUT2D eigenvalue weighted by atomic mass is 10.0. The molecule has 0 aliphatic heterocycles. The zero-order valence-corrected chi connectivity index (χ0v) is 13.0. The summed E-state index contributed by atoms with van der Waals surface area (Å²) in [5.41, 5.74) is 9.92. The molecule has 0 saturated carbocycles. The first-order valence-electron chi connectivity index (χ1n) is 7.46. The van der Waals surface area contributed by atoms with Crippen LogP contribution in [0.25, 0.3) is 11.1 Å². The van der Waals surface area contributed by atoms with E-state index in [1.165, 1.54) is 0 Å². The molecule has 2 N–H and O–H groups in total. The summed E-state index contributed by atoms with van der Waals surface area (Å²) < 4.78 is 11.1. The molecule has 0 aliphatic carbocycles. The van der Waals surface area contributed by atoms with Crippen LogP contribution >= 0.6 is 0 Å². The third-order valence-electron chi connectivity index (χ3n) is 3.60. The van der Waals surface area contributed by atoms with E-state index >= 15 is 0 Å². The summed E-state index contributed by atoms with van der Waals surface area (Å²) in [6.45, 7) is 0.520. The van der Waals surface area contributed by atoms with Crippen molar-refractivity contribution in [2.45, 2.75) is 6.61 Å². The quantitative estimate of drug-likeness (QED) is 0.705. The molecule has 0 saturated heterocycles. The van der Waals surface area contributed by atoms with Crippen molar-refractivity contribution in [2.75, 3.05) is 12.8 Å². The van der Waals surface area contributed by atoms with Gasteiger partial charge < -0.3 is 15.2 Å². The molecule has 0 fully saturated rings. The molecule has 0 heterocycles. The largest absolute Gasteiger partial charge is 0.497 e.